The van der Waals surface area contributed by atoms with Crippen molar-refractivity contribution < 1.29 is 19.1 Å². The Hall–Kier alpha value is -3.38. The molecule has 11 heteroatoms. The topological polar surface area (TPSA) is 154 Å². The molecule has 4 unspecified atom stereocenters. The average molecular weight is 620 g/mol. The maximum Gasteiger partial charge on any atom is 0.410 e. The van der Waals surface area contributed by atoms with Crippen molar-refractivity contribution in [3.8, 4) is 10.4 Å². The lowest BCUT2D eigenvalue weighted by atomic mass is 9.65. The second kappa shape index (κ2) is 11.0. The summed E-state index contributed by atoms with van der Waals surface area (Å²) in [5.74, 6) is -1.15. The first-order valence-electron chi connectivity index (χ1n) is 14.5. The van der Waals surface area contributed by atoms with Crippen molar-refractivity contribution in [2.45, 2.75) is 72.9 Å². The number of piperidine rings is 1. The molecule has 2 aromatic carbocycles. The normalized spacial score (nSPS) is 26.6. The van der Waals surface area contributed by atoms with Gasteiger partial charge in [-0.1, -0.05) is 36.4 Å². The van der Waals surface area contributed by atoms with Crippen molar-refractivity contribution in [3.63, 3.8) is 0 Å². The minimum Gasteiger partial charge on any atom is -0.444 e. The molecule has 43 heavy (non-hydrogen) atoms. The number of hydrogen-bond donors (Lipinski definition) is 4. The molecule has 6 rings (SSSR count). The Bertz CT molecular complexity index is 1570. The number of ketones is 1. The van der Waals surface area contributed by atoms with E-state index in [0.717, 1.165) is 33.7 Å². The lowest BCUT2D eigenvalue weighted by Gasteiger charge is -2.41. The van der Waals surface area contributed by atoms with Gasteiger partial charge < -0.3 is 32.2 Å². The van der Waals surface area contributed by atoms with Gasteiger partial charge in [0.05, 0.1) is 11.3 Å². The number of thiophene rings is 1. The number of nitrogens with one attached hydrogen (secondary N) is 1. The molecule has 1 aliphatic carbocycles. The SMILES string of the molecule is CC(C)(C)OC(=O)N1CCC[C@@H](NC(=O)C2Sc3c(N)ccc4c3C2C(N)C(=O)C4(N)c2ccc(-c3cccs3)cc2)C1. The largest absolute Gasteiger partial charge is 0.444 e. The molecule has 3 heterocycles. The number of carbonyl (C=O) groups is 3. The number of nitrogen functional groups attached to an aromatic ring is 1. The molecule has 0 radical (unpaired) electrons. The van der Waals surface area contributed by atoms with E-state index in [1.807, 2.05) is 62.5 Å². The van der Waals surface area contributed by atoms with Crippen LogP contribution < -0.4 is 22.5 Å². The van der Waals surface area contributed by atoms with Crippen LogP contribution in [0.5, 0.6) is 0 Å². The highest BCUT2D eigenvalue weighted by molar-refractivity contribution is 8.01. The lowest BCUT2D eigenvalue weighted by Crippen LogP contribution is -2.61. The fraction of sp³-hybridized carbons (Fsp3) is 0.406. The number of carbonyl (C=O) groups excluding carboxylic acids is 3. The van der Waals surface area contributed by atoms with Crippen LogP contribution in [0, 0.1) is 0 Å². The standard InChI is InChI=1S/C32H37N5O4S2/c1-31(2,3)41-30(40)37-14-4-6-19(16-37)36-29(39)27-24-23-20(12-13-21(33)26(23)43-27)32(35,28(38)25(24)34)18-10-8-17(9-11-18)22-7-5-15-42-22/h5,7-13,15,19,24-25,27H,4,6,14,16,33-35H2,1-3H3,(H,36,39)/t19-,24?,25?,27?,32?/m1/s1. The highest BCUT2D eigenvalue weighted by atomic mass is 32.2. The minimum absolute atomic E-state index is 0.235. The number of amides is 2. The van der Waals surface area contributed by atoms with E-state index in [9.17, 15) is 14.4 Å². The summed E-state index contributed by atoms with van der Waals surface area (Å²) in [6, 6.07) is 14.0. The Morgan fingerprint density at radius 2 is 1.86 bits per heavy atom. The first-order chi connectivity index (χ1) is 20.4. The molecule has 1 fully saturated rings. The zero-order chi connectivity index (χ0) is 30.7. The second-order valence-corrected chi connectivity index (χ2v) is 14.6. The van der Waals surface area contributed by atoms with Crippen LogP contribution in [0.25, 0.3) is 10.4 Å². The first-order valence-corrected chi connectivity index (χ1v) is 16.3. The van der Waals surface area contributed by atoms with Crippen LogP contribution in [0.2, 0.25) is 0 Å². The summed E-state index contributed by atoms with van der Waals surface area (Å²) in [5.41, 5.74) is 21.7. The van der Waals surface area contributed by atoms with Crippen LogP contribution in [-0.4, -0.2) is 58.7 Å². The van der Waals surface area contributed by atoms with Gasteiger partial charge >= 0.3 is 6.09 Å². The fourth-order valence-corrected chi connectivity index (χ4v) is 8.62. The summed E-state index contributed by atoms with van der Waals surface area (Å²) in [6.45, 7) is 6.40. The summed E-state index contributed by atoms with van der Waals surface area (Å²) in [6.07, 6.45) is 1.07. The third-order valence-electron chi connectivity index (χ3n) is 8.46. The summed E-state index contributed by atoms with van der Waals surface area (Å²) in [4.78, 5) is 44.1. The third-order valence-corrected chi connectivity index (χ3v) is 10.8. The Morgan fingerprint density at radius 1 is 1.12 bits per heavy atom. The molecule has 1 saturated heterocycles. The second-order valence-electron chi connectivity index (χ2n) is 12.5. The van der Waals surface area contributed by atoms with Crippen LogP contribution in [-0.2, 0) is 19.9 Å². The maximum absolute atomic E-state index is 14.1. The molecule has 0 bridgehead atoms. The van der Waals surface area contributed by atoms with Crippen LogP contribution in [0.4, 0.5) is 10.5 Å². The van der Waals surface area contributed by atoms with Crippen LogP contribution in [0.1, 0.15) is 56.2 Å². The number of benzene rings is 2. The molecule has 5 atom stereocenters. The van der Waals surface area contributed by atoms with E-state index in [0.29, 0.717) is 29.9 Å². The summed E-state index contributed by atoms with van der Waals surface area (Å²) >= 11 is 2.97. The average Bonchev–Trinajstić information content (AvgIpc) is 3.65. The Labute approximate surface area is 259 Å². The number of anilines is 1. The molecule has 1 aromatic heterocycles. The van der Waals surface area contributed by atoms with Gasteiger partial charge in [-0.05, 0) is 73.4 Å². The highest BCUT2D eigenvalue weighted by Gasteiger charge is 2.56. The summed E-state index contributed by atoms with van der Waals surface area (Å²) in [7, 11) is 0. The fourth-order valence-electron chi connectivity index (χ4n) is 6.43. The van der Waals surface area contributed by atoms with Crippen molar-refractivity contribution in [1.29, 1.82) is 0 Å². The van der Waals surface area contributed by atoms with E-state index in [1.165, 1.54) is 11.8 Å². The van der Waals surface area contributed by atoms with Crippen LogP contribution in [0.15, 0.2) is 58.8 Å². The number of Topliss-reactive ketones (excluding diaryl/α,β-unsaturated/α-hetero) is 1. The number of rotatable bonds is 4. The van der Waals surface area contributed by atoms with Gasteiger partial charge in [0.1, 0.15) is 11.1 Å². The van der Waals surface area contributed by atoms with E-state index < -0.39 is 34.4 Å². The zero-order valence-corrected chi connectivity index (χ0v) is 26.1. The summed E-state index contributed by atoms with van der Waals surface area (Å²) < 4.78 is 5.54. The van der Waals surface area contributed by atoms with Crippen molar-refractivity contribution in [3.05, 3.63) is 70.6 Å². The van der Waals surface area contributed by atoms with Gasteiger partial charge in [0, 0.05) is 40.5 Å². The molecular weight excluding hydrogens is 583 g/mol. The van der Waals surface area contributed by atoms with E-state index in [1.54, 1.807) is 28.4 Å². The smallest absolute Gasteiger partial charge is 0.410 e. The molecule has 2 amide bonds. The monoisotopic (exact) mass is 619 g/mol. The van der Waals surface area contributed by atoms with Gasteiger partial charge in [0.2, 0.25) is 5.91 Å². The number of likely N-dealkylation sites (tertiary alicyclic amines) is 1. The Morgan fingerprint density at radius 3 is 2.53 bits per heavy atom. The van der Waals surface area contributed by atoms with Gasteiger partial charge in [-0.25, -0.2) is 4.79 Å². The van der Waals surface area contributed by atoms with Crippen LogP contribution in [0.3, 0.4) is 0 Å². The molecule has 226 valence electrons. The van der Waals surface area contributed by atoms with Gasteiger partial charge in [0.15, 0.2) is 5.78 Å². The predicted octanol–water partition coefficient (Wildman–Crippen LogP) is 4.18. The number of thioether (sulfide) groups is 1. The van der Waals surface area contributed by atoms with Crippen molar-refractivity contribution in [1.82, 2.24) is 10.2 Å². The number of nitrogens with two attached hydrogens (primary N) is 3. The van der Waals surface area contributed by atoms with Gasteiger partial charge in [-0.15, -0.1) is 23.1 Å². The van der Waals surface area contributed by atoms with E-state index >= 15 is 0 Å². The molecule has 9 nitrogen and oxygen atoms in total. The lowest BCUT2D eigenvalue weighted by molar-refractivity contribution is -0.126. The highest BCUT2D eigenvalue weighted by Crippen LogP contribution is 2.56. The van der Waals surface area contributed by atoms with E-state index in [2.05, 4.69) is 5.32 Å². The van der Waals surface area contributed by atoms with Crippen molar-refractivity contribution >= 4 is 46.6 Å². The summed E-state index contributed by atoms with van der Waals surface area (Å²) in [5, 5.41) is 4.48. The molecule has 3 aromatic rings. The van der Waals surface area contributed by atoms with Gasteiger partial charge in [0.25, 0.3) is 0 Å². The van der Waals surface area contributed by atoms with Gasteiger partial charge in [-0.3, -0.25) is 9.59 Å². The Kier molecular flexibility index (Phi) is 7.56. The van der Waals surface area contributed by atoms with E-state index in [4.69, 9.17) is 21.9 Å². The van der Waals surface area contributed by atoms with E-state index in [-0.39, 0.29) is 17.7 Å². The number of hydrogen-bond acceptors (Lipinski definition) is 9. The van der Waals surface area contributed by atoms with Crippen LogP contribution >= 0.6 is 23.1 Å². The predicted molar refractivity (Wildman–Crippen MR) is 170 cm³/mol. The quantitative estimate of drug-likeness (QED) is 0.317. The van der Waals surface area contributed by atoms with Crippen molar-refractivity contribution in [2.75, 3.05) is 18.8 Å². The van der Waals surface area contributed by atoms with Gasteiger partial charge in [-0.2, -0.15) is 0 Å². The third kappa shape index (κ3) is 5.22. The molecule has 0 spiro atoms. The molecule has 2 aliphatic heterocycles. The Balaban J connectivity index is 1.27. The molecular formula is C32H37N5O4S2. The minimum atomic E-state index is -1.48. The van der Waals surface area contributed by atoms with Crippen molar-refractivity contribution in [2.24, 2.45) is 11.5 Å². The maximum atomic E-state index is 14.1. The molecule has 0 saturated carbocycles. The number of nitrogens with zero attached hydrogens (tertiary/aromatic N) is 1. The first kappa shape index (κ1) is 29.7. The molecule has 7 N–H and O–H groups in total. The zero-order valence-electron chi connectivity index (χ0n) is 24.5. The number of ether oxygens (including phenoxy) is 1. The molecule has 3 aliphatic rings.